The molecule has 1 aromatic carbocycles. The van der Waals surface area contributed by atoms with Gasteiger partial charge in [0, 0.05) is 10.2 Å². The Kier molecular flexibility index (Phi) is 4.01. The molecule has 0 spiro atoms. The van der Waals surface area contributed by atoms with Crippen LogP contribution in [-0.2, 0) is 0 Å². The third kappa shape index (κ3) is 3.17. The van der Waals surface area contributed by atoms with Gasteiger partial charge in [0.2, 0.25) is 0 Å². The predicted octanol–water partition coefficient (Wildman–Crippen LogP) is 3.95. The zero-order chi connectivity index (χ0) is 12.4. The van der Waals surface area contributed by atoms with E-state index in [9.17, 15) is 4.79 Å². The maximum absolute atomic E-state index is 11.9. The number of aromatic nitrogens is 2. The van der Waals surface area contributed by atoms with Gasteiger partial charge in [0.15, 0.2) is 10.4 Å². The Hall–Kier alpha value is -0.660. The van der Waals surface area contributed by atoms with Crippen LogP contribution in [0.25, 0.3) is 0 Å². The van der Waals surface area contributed by atoms with E-state index in [-0.39, 0.29) is 5.91 Å². The van der Waals surface area contributed by atoms with Crippen molar-refractivity contribution in [2.45, 2.75) is 0 Å². The van der Waals surface area contributed by atoms with Gasteiger partial charge in [0.05, 0.1) is 0 Å². The van der Waals surface area contributed by atoms with Gasteiger partial charge in [-0.2, -0.15) is 0 Å². The minimum absolute atomic E-state index is 0.277. The molecule has 17 heavy (non-hydrogen) atoms. The SMILES string of the molecule is O=C(Nc1ccc(Br)cc1)c1nc(Br)[nH]c1Br. The van der Waals surface area contributed by atoms with E-state index in [4.69, 9.17) is 0 Å². The Bertz CT molecular complexity index is 550. The summed E-state index contributed by atoms with van der Waals surface area (Å²) in [5.74, 6) is -0.277. The molecular weight excluding hydrogens is 418 g/mol. The fourth-order valence-electron chi connectivity index (χ4n) is 1.20. The van der Waals surface area contributed by atoms with Crippen molar-refractivity contribution in [3.05, 3.63) is 43.8 Å². The average Bonchev–Trinajstić information content (AvgIpc) is 2.61. The Morgan fingerprint density at radius 1 is 1.18 bits per heavy atom. The highest BCUT2D eigenvalue weighted by molar-refractivity contribution is 9.11. The molecule has 0 radical (unpaired) electrons. The topological polar surface area (TPSA) is 57.8 Å². The molecule has 0 fully saturated rings. The Morgan fingerprint density at radius 2 is 1.82 bits per heavy atom. The minimum atomic E-state index is -0.277. The molecule has 2 N–H and O–H groups in total. The number of hydrogen-bond acceptors (Lipinski definition) is 2. The number of rotatable bonds is 2. The highest BCUT2D eigenvalue weighted by atomic mass is 79.9. The molecule has 7 heteroatoms. The third-order valence-corrected chi connectivity index (χ3v) is 3.43. The summed E-state index contributed by atoms with van der Waals surface area (Å²) in [5, 5.41) is 2.75. The molecule has 0 aliphatic rings. The summed E-state index contributed by atoms with van der Waals surface area (Å²) in [6, 6.07) is 7.31. The summed E-state index contributed by atoms with van der Waals surface area (Å²) >= 11 is 9.72. The van der Waals surface area contributed by atoms with Gasteiger partial charge in [0.25, 0.3) is 5.91 Å². The largest absolute Gasteiger partial charge is 0.327 e. The van der Waals surface area contributed by atoms with Crippen molar-refractivity contribution in [3.8, 4) is 0 Å². The van der Waals surface area contributed by atoms with Crippen LogP contribution < -0.4 is 5.32 Å². The van der Waals surface area contributed by atoms with Crippen LogP contribution in [0, 0.1) is 0 Å². The van der Waals surface area contributed by atoms with Crippen molar-refractivity contribution in [2.75, 3.05) is 5.32 Å². The summed E-state index contributed by atoms with van der Waals surface area (Å²) in [7, 11) is 0. The fourth-order valence-corrected chi connectivity index (χ4v) is 2.56. The molecule has 0 saturated carbocycles. The number of amides is 1. The molecular formula is C10H6Br3N3O. The molecule has 88 valence electrons. The maximum atomic E-state index is 11.9. The summed E-state index contributed by atoms with van der Waals surface area (Å²) in [6.07, 6.45) is 0. The number of carbonyl (C=O) groups excluding carboxylic acids is 1. The van der Waals surface area contributed by atoms with E-state index < -0.39 is 0 Å². The number of benzene rings is 1. The number of H-pyrrole nitrogens is 1. The van der Waals surface area contributed by atoms with Gasteiger partial charge in [0.1, 0.15) is 4.60 Å². The molecule has 0 bridgehead atoms. The molecule has 1 aromatic heterocycles. The van der Waals surface area contributed by atoms with Gasteiger partial charge >= 0.3 is 0 Å². The molecule has 0 unspecified atom stereocenters. The standard InChI is InChI=1S/C10H6Br3N3O/c11-5-1-3-6(4-2-5)14-9(17)7-8(12)16-10(13)15-7/h1-4H,(H,14,17)(H,15,16). The fraction of sp³-hybridized carbons (Fsp3) is 0. The van der Waals surface area contributed by atoms with E-state index in [1.807, 2.05) is 12.1 Å². The summed E-state index contributed by atoms with van der Waals surface area (Å²) in [4.78, 5) is 18.7. The third-order valence-electron chi connectivity index (χ3n) is 1.95. The van der Waals surface area contributed by atoms with Crippen LogP contribution in [0.4, 0.5) is 5.69 Å². The van der Waals surface area contributed by atoms with Crippen molar-refractivity contribution < 1.29 is 4.79 Å². The second-order valence-electron chi connectivity index (χ2n) is 3.15. The normalized spacial score (nSPS) is 10.3. The minimum Gasteiger partial charge on any atom is -0.327 e. The van der Waals surface area contributed by atoms with Crippen molar-refractivity contribution in [2.24, 2.45) is 0 Å². The summed E-state index contributed by atoms with van der Waals surface area (Å²) in [5.41, 5.74) is 1.02. The van der Waals surface area contributed by atoms with Crippen LogP contribution in [0.1, 0.15) is 10.5 Å². The van der Waals surface area contributed by atoms with Gasteiger partial charge in [-0.05, 0) is 56.1 Å². The highest BCUT2D eigenvalue weighted by Gasteiger charge is 2.15. The molecule has 2 rings (SSSR count). The van der Waals surface area contributed by atoms with Crippen molar-refractivity contribution >= 4 is 59.4 Å². The van der Waals surface area contributed by atoms with Crippen molar-refractivity contribution in [3.63, 3.8) is 0 Å². The van der Waals surface area contributed by atoms with E-state index in [0.717, 1.165) is 4.47 Å². The van der Waals surface area contributed by atoms with Crippen LogP contribution in [0.5, 0.6) is 0 Å². The van der Waals surface area contributed by atoms with E-state index in [1.165, 1.54) is 0 Å². The first kappa shape index (κ1) is 12.8. The quantitative estimate of drug-likeness (QED) is 0.768. The Labute approximate surface area is 123 Å². The van der Waals surface area contributed by atoms with Gasteiger partial charge in [-0.15, -0.1) is 0 Å². The molecule has 1 amide bonds. The van der Waals surface area contributed by atoms with Crippen molar-refractivity contribution in [1.29, 1.82) is 0 Å². The number of carbonyl (C=O) groups is 1. The molecule has 1 heterocycles. The molecule has 0 atom stereocenters. The van der Waals surface area contributed by atoms with E-state index in [2.05, 4.69) is 63.1 Å². The average molecular weight is 424 g/mol. The number of imidazole rings is 1. The van der Waals surface area contributed by atoms with Crippen LogP contribution in [-0.4, -0.2) is 15.9 Å². The zero-order valence-corrected chi connectivity index (χ0v) is 13.1. The second-order valence-corrected chi connectivity index (χ2v) is 5.61. The van der Waals surface area contributed by atoms with Gasteiger partial charge in [-0.3, -0.25) is 4.79 Å². The van der Waals surface area contributed by atoms with E-state index in [0.29, 0.717) is 20.7 Å². The first-order valence-corrected chi connectivity index (χ1v) is 6.92. The lowest BCUT2D eigenvalue weighted by molar-refractivity contribution is 0.102. The van der Waals surface area contributed by atoms with Crippen molar-refractivity contribution in [1.82, 2.24) is 9.97 Å². The first-order chi connectivity index (χ1) is 8.06. The predicted molar refractivity (Wildman–Crippen MR) is 76.1 cm³/mol. The Balaban J connectivity index is 2.17. The first-order valence-electron chi connectivity index (χ1n) is 4.54. The lowest BCUT2D eigenvalue weighted by Crippen LogP contribution is -2.12. The lowest BCUT2D eigenvalue weighted by Gasteiger charge is -2.03. The number of halogens is 3. The number of anilines is 1. The van der Waals surface area contributed by atoms with Crippen LogP contribution in [0.2, 0.25) is 0 Å². The number of nitrogens with zero attached hydrogens (tertiary/aromatic N) is 1. The monoisotopic (exact) mass is 421 g/mol. The van der Waals surface area contributed by atoms with Crippen LogP contribution in [0.15, 0.2) is 38.1 Å². The van der Waals surface area contributed by atoms with Crippen LogP contribution >= 0.6 is 47.8 Å². The molecule has 0 saturated heterocycles. The number of hydrogen-bond donors (Lipinski definition) is 2. The molecule has 4 nitrogen and oxygen atoms in total. The van der Waals surface area contributed by atoms with Gasteiger partial charge in [-0.25, -0.2) is 4.98 Å². The van der Waals surface area contributed by atoms with Gasteiger partial charge in [-0.1, -0.05) is 15.9 Å². The second kappa shape index (κ2) is 5.32. The maximum Gasteiger partial charge on any atom is 0.277 e. The van der Waals surface area contributed by atoms with E-state index in [1.54, 1.807) is 12.1 Å². The van der Waals surface area contributed by atoms with Crippen LogP contribution in [0.3, 0.4) is 0 Å². The lowest BCUT2D eigenvalue weighted by atomic mass is 10.3. The molecule has 0 aliphatic carbocycles. The molecule has 2 aromatic rings. The Morgan fingerprint density at radius 3 is 2.35 bits per heavy atom. The smallest absolute Gasteiger partial charge is 0.277 e. The van der Waals surface area contributed by atoms with E-state index >= 15 is 0 Å². The number of aromatic amines is 1. The molecule has 0 aliphatic heterocycles. The highest BCUT2D eigenvalue weighted by Crippen LogP contribution is 2.19. The number of nitrogens with one attached hydrogen (secondary N) is 2. The summed E-state index contributed by atoms with van der Waals surface area (Å²) < 4.78 is 2.00. The summed E-state index contributed by atoms with van der Waals surface area (Å²) in [6.45, 7) is 0. The van der Waals surface area contributed by atoms with Gasteiger partial charge < -0.3 is 10.3 Å². The zero-order valence-electron chi connectivity index (χ0n) is 8.30.